The Morgan fingerprint density at radius 3 is 2.77 bits per heavy atom. The molecular weight excluding hydrogens is 164 g/mol. The van der Waals surface area contributed by atoms with E-state index in [1.54, 1.807) is 0 Å². The van der Waals surface area contributed by atoms with Crippen LogP contribution in [0.4, 0.5) is 0 Å². The molecule has 0 heterocycles. The number of nitrogens with one attached hydrogen (secondary N) is 1. The molecule has 3 heteroatoms. The number of rotatable bonds is 4. The molecule has 0 amide bonds. The van der Waals surface area contributed by atoms with E-state index in [4.69, 9.17) is 10.8 Å². The third-order valence-electron chi connectivity index (χ3n) is 3.93. The molecule has 2 aliphatic rings. The fourth-order valence-corrected chi connectivity index (χ4v) is 3.29. The van der Waals surface area contributed by atoms with Crippen LogP contribution in [0.25, 0.3) is 0 Å². The lowest BCUT2D eigenvalue weighted by atomic mass is 9.81. The molecule has 2 fully saturated rings. The van der Waals surface area contributed by atoms with Crippen LogP contribution in [0.3, 0.4) is 0 Å². The van der Waals surface area contributed by atoms with Crippen LogP contribution in [0, 0.1) is 11.8 Å². The van der Waals surface area contributed by atoms with Crippen LogP contribution in [-0.4, -0.2) is 30.3 Å². The maximum Gasteiger partial charge on any atom is 0.0556 e. The molecule has 13 heavy (non-hydrogen) atoms. The number of aliphatic hydroxyl groups is 1. The van der Waals surface area contributed by atoms with E-state index in [0.29, 0.717) is 6.54 Å². The Labute approximate surface area is 79.7 Å². The molecule has 3 nitrogen and oxygen atoms in total. The third-order valence-corrected chi connectivity index (χ3v) is 3.93. The van der Waals surface area contributed by atoms with Gasteiger partial charge in [-0.3, -0.25) is 0 Å². The van der Waals surface area contributed by atoms with Crippen molar-refractivity contribution in [3.8, 4) is 0 Å². The molecule has 0 saturated heterocycles. The van der Waals surface area contributed by atoms with E-state index in [9.17, 15) is 0 Å². The van der Waals surface area contributed by atoms with Crippen molar-refractivity contribution < 1.29 is 5.11 Å². The summed E-state index contributed by atoms with van der Waals surface area (Å²) in [5, 5.41) is 12.3. The highest BCUT2D eigenvalue weighted by atomic mass is 16.3. The monoisotopic (exact) mass is 184 g/mol. The van der Waals surface area contributed by atoms with Gasteiger partial charge in [-0.05, 0) is 31.1 Å². The molecule has 0 spiro atoms. The van der Waals surface area contributed by atoms with Crippen LogP contribution >= 0.6 is 0 Å². The van der Waals surface area contributed by atoms with Gasteiger partial charge in [0, 0.05) is 18.6 Å². The van der Waals surface area contributed by atoms with Gasteiger partial charge in [0.05, 0.1) is 6.61 Å². The highest BCUT2D eigenvalue weighted by molar-refractivity contribution is 5.06. The first kappa shape index (κ1) is 9.44. The summed E-state index contributed by atoms with van der Waals surface area (Å²) in [5.74, 6) is 1.67. The summed E-state index contributed by atoms with van der Waals surface area (Å²) in [5.41, 5.74) is 6.02. The smallest absolute Gasteiger partial charge is 0.0556 e. The van der Waals surface area contributed by atoms with Crippen molar-refractivity contribution in [2.45, 2.75) is 31.2 Å². The van der Waals surface area contributed by atoms with Crippen LogP contribution in [0.1, 0.15) is 25.7 Å². The molecular formula is C10H20N2O. The molecule has 0 radical (unpaired) electrons. The van der Waals surface area contributed by atoms with Crippen LogP contribution in [0.2, 0.25) is 0 Å². The zero-order chi connectivity index (χ0) is 9.31. The summed E-state index contributed by atoms with van der Waals surface area (Å²) >= 11 is 0. The molecule has 2 aliphatic carbocycles. The Hall–Kier alpha value is -0.120. The van der Waals surface area contributed by atoms with Gasteiger partial charge in [0.1, 0.15) is 0 Å². The average Bonchev–Trinajstić information content (AvgIpc) is 2.74. The van der Waals surface area contributed by atoms with Crippen molar-refractivity contribution in [1.29, 1.82) is 0 Å². The van der Waals surface area contributed by atoms with E-state index in [-0.39, 0.29) is 12.1 Å². The lowest BCUT2D eigenvalue weighted by molar-refractivity contribution is 0.192. The van der Waals surface area contributed by atoms with Crippen molar-refractivity contribution in [3.05, 3.63) is 0 Å². The standard InChI is InChI=1S/C10H20N2O/c11-7-10(12-3-4-13)6-8-1-2-9(10)5-8/h8-9,12-13H,1-7,11H2. The van der Waals surface area contributed by atoms with E-state index < -0.39 is 0 Å². The average molecular weight is 184 g/mol. The second kappa shape index (κ2) is 3.56. The van der Waals surface area contributed by atoms with Crippen molar-refractivity contribution in [2.24, 2.45) is 17.6 Å². The summed E-state index contributed by atoms with van der Waals surface area (Å²) < 4.78 is 0. The fraction of sp³-hybridized carbons (Fsp3) is 1.00. The number of β-amino-alcohol motifs (C(OH)–C–C–N with tert-alkyl or cyclic N) is 1. The van der Waals surface area contributed by atoms with Crippen molar-refractivity contribution in [1.82, 2.24) is 5.32 Å². The van der Waals surface area contributed by atoms with Gasteiger partial charge in [-0.2, -0.15) is 0 Å². The van der Waals surface area contributed by atoms with E-state index in [1.165, 1.54) is 25.7 Å². The van der Waals surface area contributed by atoms with E-state index in [1.807, 2.05) is 0 Å². The van der Waals surface area contributed by atoms with Gasteiger partial charge in [0.25, 0.3) is 0 Å². The van der Waals surface area contributed by atoms with Crippen LogP contribution < -0.4 is 11.1 Å². The summed E-state index contributed by atoms with van der Waals surface area (Å²) in [7, 11) is 0. The quantitative estimate of drug-likeness (QED) is 0.580. The second-order valence-corrected chi connectivity index (χ2v) is 4.59. The van der Waals surface area contributed by atoms with Crippen LogP contribution in [-0.2, 0) is 0 Å². The van der Waals surface area contributed by atoms with Crippen molar-refractivity contribution >= 4 is 0 Å². The third kappa shape index (κ3) is 1.49. The molecule has 3 atom stereocenters. The molecule has 2 rings (SSSR count). The number of aliphatic hydroxyl groups excluding tert-OH is 1. The Bertz CT molecular complexity index is 186. The Morgan fingerprint density at radius 1 is 1.46 bits per heavy atom. The van der Waals surface area contributed by atoms with Gasteiger partial charge in [0.2, 0.25) is 0 Å². The van der Waals surface area contributed by atoms with Crippen LogP contribution in [0.5, 0.6) is 0 Å². The Kier molecular flexibility index (Phi) is 2.58. The predicted molar refractivity (Wildman–Crippen MR) is 52.3 cm³/mol. The molecule has 4 N–H and O–H groups in total. The summed E-state index contributed by atoms with van der Waals surface area (Å²) in [6.07, 6.45) is 5.32. The first-order valence-electron chi connectivity index (χ1n) is 5.37. The largest absolute Gasteiger partial charge is 0.395 e. The minimum Gasteiger partial charge on any atom is -0.395 e. The normalized spacial score (nSPS) is 42.9. The summed E-state index contributed by atoms with van der Waals surface area (Å²) in [6, 6.07) is 0. The molecule has 76 valence electrons. The topological polar surface area (TPSA) is 58.3 Å². The van der Waals surface area contributed by atoms with Gasteiger partial charge in [-0.25, -0.2) is 0 Å². The van der Waals surface area contributed by atoms with Crippen LogP contribution in [0.15, 0.2) is 0 Å². The zero-order valence-corrected chi connectivity index (χ0v) is 8.13. The highest BCUT2D eigenvalue weighted by Crippen LogP contribution is 2.50. The number of hydrogen-bond donors (Lipinski definition) is 3. The molecule has 0 aromatic rings. The maximum absolute atomic E-state index is 8.80. The number of hydrogen-bond acceptors (Lipinski definition) is 3. The van der Waals surface area contributed by atoms with Gasteiger partial charge in [-0.1, -0.05) is 6.42 Å². The number of nitrogens with two attached hydrogens (primary N) is 1. The Balaban J connectivity index is 1.99. The molecule has 0 aromatic carbocycles. The maximum atomic E-state index is 8.80. The Morgan fingerprint density at radius 2 is 2.31 bits per heavy atom. The molecule has 2 bridgehead atoms. The minimum atomic E-state index is 0.172. The molecule has 2 saturated carbocycles. The number of fused-ring (bicyclic) bond motifs is 2. The minimum absolute atomic E-state index is 0.172. The van der Waals surface area contributed by atoms with Crippen molar-refractivity contribution in [2.75, 3.05) is 19.7 Å². The summed E-state index contributed by atoms with van der Waals surface area (Å²) in [6.45, 7) is 1.65. The lowest BCUT2D eigenvalue weighted by Crippen LogP contribution is -2.55. The van der Waals surface area contributed by atoms with Gasteiger partial charge in [0.15, 0.2) is 0 Å². The van der Waals surface area contributed by atoms with Crippen molar-refractivity contribution in [3.63, 3.8) is 0 Å². The van der Waals surface area contributed by atoms with E-state index in [0.717, 1.165) is 18.4 Å². The first-order valence-corrected chi connectivity index (χ1v) is 5.37. The predicted octanol–water partition coefficient (Wildman–Crippen LogP) is 0.0858. The summed E-state index contributed by atoms with van der Waals surface area (Å²) in [4.78, 5) is 0. The van der Waals surface area contributed by atoms with Gasteiger partial charge in [-0.15, -0.1) is 0 Å². The lowest BCUT2D eigenvalue weighted by Gasteiger charge is -2.37. The fourth-order valence-electron chi connectivity index (χ4n) is 3.29. The molecule has 0 aromatic heterocycles. The molecule has 3 unspecified atom stereocenters. The van der Waals surface area contributed by atoms with Gasteiger partial charge < -0.3 is 16.2 Å². The van der Waals surface area contributed by atoms with E-state index in [2.05, 4.69) is 5.32 Å². The first-order chi connectivity index (χ1) is 6.30. The zero-order valence-electron chi connectivity index (χ0n) is 8.13. The van der Waals surface area contributed by atoms with Gasteiger partial charge >= 0.3 is 0 Å². The SMILES string of the molecule is NCC1(NCCO)CC2CCC1C2. The second-order valence-electron chi connectivity index (χ2n) is 4.59. The highest BCUT2D eigenvalue weighted by Gasteiger charge is 2.49. The van der Waals surface area contributed by atoms with E-state index >= 15 is 0 Å². The molecule has 0 aliphatic heterocycles.